The van der Waals surface area contributed by atoms with Gasteiger partial charge in [-0.3, -0.25) is 9.78 Å². The second-order valence-electron chi connectivity index (χ2n) is 8.60. The van der Waals surface area contributed by atoms with Gasteiger partial charge in [-0.2, -0.15) is 0 Å². The van der Waals surface area contributed by atoms with Gasteiger partial charge in [0.1, 0.15) is 41.1 Å². The van der Waals surface area contributed by atoms with Gasteiger partial charge in [-0.25, -0.2) is 23.4 Å². The number of carboxylic acid groups (broad SMARTS) is 2. The van der Waals surface area contributed by atoms with Crippen LogP contribution >= 0.6 is 0 Å². The first-order chi connectivity index (χ1) is 20.1. The highest BCUT2D eigenvalue weighted by molar-refractivity contribution is 6.33. The number of ether oxygens (including phenoxy) is 1. The van der Waals surface area contributed by atoms with Gasteiger partial charge < -0.3 is 25.0 Å². The number of ketones is 1. The number of aromatic nitrogens is 3. The van der Waals surface area contributed by atoms with E-state index in [4.69, 9.17) is 24.5 Å². The second kappa shape index (κ2) is 13.0. The number of hydrogen-bond acceptors (Lipinski definition) is 7. The lowest BCUT2D eigenvalue weighted by Crippen LogP contribution is -2.09. The molecule has 3 aromatic carbocycles. The maximum Gasteiger partial charge on any atom is 0.414 e. The maximum absolute atomic E-state index is 13.9. The summed E-state index contributed by atoms with van der Waals surface area (Å²) in [6.07, 6.45) is 3.38. The Hall–Kier alpha value is -5.91. The molecule has 5 rings (SSSR count). The smallest absolute Gasteiger partial charge is 0.414 e. The molecule has 5 aromatic rings. The number of rotatable bonds is 7. The molecule has 0 amide bonds. The summed E-state index contributed by atoms with van der Waals surface area (Å²) in [6.45, 7) is 0.309. The summed E-state index contributed by atoms with van der Waals surface area (Å²) < 4.78 is 33.6. The lowest BCUT2D eigenvalue weighted by atomic mass is 9.98. The first kappa shape index (κ1) is 29.1. The van der Waals surface area contributed by atoms with Gasteiger partial charge in [0, 0.05) is 41.2 Å². The van der Waals surface area contributed by atoms with Gasteiger partial charge >= 0.3 is 11.9 Å². The number of H-pyrrole nitrogens is 1. The molecule has 0 saturated heterocycles. The summed E-state index contributed by atoms with van der Waals surface area (Å²) in [4.78, 5) is 43.2. The summed E-state index contributed by atoms with van der Waals surface area (Å²) in [6, 6.07) is 19.7. The van der Waals surface area contributed by atoms with E-state index in [1.165, 1.54) is 0 Å². The minimum absolute atomic E-state index is 0.0467. The van der Waals surface area contributed by atoms with E-state index in [-0.39, 0.29) is 22.5 Å². The number of aliphatic hydroxyl groups excluding tert-OH is 1. The third-order valence-electron chi connectivity index (χ3n) is 5.64. The Labute approximate surface area is 236 Å². The van der Waals surface area contributed by atoms with E-state index < -0.39 is 35.1 Å². The number of aliphatic carboxylic acids is 2. The van der Waals surface area contributed by atoms with Crippen molar-refractivity contribution in [1.82, 2.24) is 15.0 Å². The van der Waals surface area contributed by atoms with E-state index in [2.05, 4.69) is 15.0 Å². The van der Waals surface area contributed by atoms with Gasteiger partial charge in [0.15, 0.2) is 0 Å². The average Bonchev–Trinajstić information content (AvgIpc) is 3.39. The third-order valence-corrected chi connectivity index (χ3v) is 5.64. The summed E-state index contributed by atoms with van der Waals surface area (Å²) in [5, 5.41) is 25.8. The molecule has 0 aliphatic heterocycles. The Balaban J connectivity index is 0.000000612. The number of carboxylic acids is 2. The minimum atomic E-state index is -1.82. The molecule has 212 valence electrons. The molecule has 2 aromatic heterocycles. The number of nitrogens with one attached hydrogen (secondary N) is 1. The fourth-order valence-electron chi connectivity index (χ4n) is 3.74. The Kier molecular flexibility index (Phi) is 8.98. The Morgan fingerprint density at radius 3 is 2.12 bits per heavy atom. The number of halogens is 2. The van der Waals surface area contributed by atoms with Crippen LogP contribution in [0.1, 0.15) is 27.3 Å². The number of pyridine rings is 1. The summed E-state index contributed by atoms with van der Waals surface area (Å²) in [7, 11) is 0. The van der Waals surface area contributed by atoms with Crippen LogP contribution in [0.2, 0.25) is 0 Å². The lowest BCUT2D eigenvalue weighted by Gasteiger charge is -2.09. The molecule has 0 aliphatic rings. The normalized spacial score (nSPS) is 11.2. The Morgan fingerprint density at radius 1 is 0.810 bits per heavy atom. The standard InChI is InChI=1S/C28H19F2N3O3.C2H2O4/c29-20-11-19(12-21(30)13-20)27(35)25(26(34)18-6-2-1-3-7-18)28-32-23-9-8-22(14-24(23)33-28)36-16-17-5-4-10-31-15-17;3-1(4)2(5)6/h1-15,35H,16H2,(H,32,33);(H,3,4)(H,5,6). The summed E-state index contributed by atoms with van der Waals surface area (Å²) in [5.41, 5.74) is 1.82. The average molecular weight is 574 g/mol. The van der Waals surface area contributed by atoms with E-state index in [0.717, 1.165) is 17.7 Å². The molecule has 0 atom stereocenters. The molecule has 0 fully saturated rings. The van der Waals surface area contributed by atoms with E-state index in [1.54, 1.807) is 60.9 Å². The van der Waals surface area contributed by atoms with Crippen LogP contribution in [0.15, 0.2) is 91.3 Å². The van der Waals surface area contributed by atoms with Crippen molar-refractivity contribution >= 4 is 40.1 Å². The number of nitrogens with zero attached hydrogens (tertiary/aromatic N) is 2. The fraction of sp³-hybridized carbons (Fsp3) is 0.0333. The Morgan fingerprint density at radius 2 is 1.50 bits per heavy atom. The molecule has 0 radical (unpaired) electrons. The predicted octanol–water partition coefficient (Wildman–Crippen LogP) is 5.28. The number of fused-ring (bicyclic) bond motifs is 1. The third kappa shape index (κ3) is 7.18. The second-order valence-corrected chi connectivity index (χ2v) is 8.60. The largest absolute Gasteiger partial charge is 0.506 e. The highest BCUT2D eigenvalue weighted by Crippen LogP contribution is 2.30. The number of carbonyl (C=O) groups is 3. The number of benzene rings is 3. The van der Waals surface area contributed by atoms with Crippen molar-refractivity contribution in [2.24, 2.45) is 0 Å². The van der Waals surface area contributed by atoms with Crippen molar-refractivity contribution in [3.63, 3.8) is 0 Å². The molecule has 0 bridgehead atoms. The number of aliphatic hydroxyl groups is 1. The quantitative estimate of drug-likeness (QED) is 0.0878. The zero-order valence-electron chi connectivity index (χ0n) is 21.5. The first-order valence-electron chi connectivity index (χ1n) is 12.1. The SMILES string of the molecule is O=C(C(=C(O)c1cc(F)cc(F)c1)c1nc2ccc(OCc3cccnc3)cc2[nH]1)c1ccccc1.O=C(O)C(=O)O. The van der Waals surface area contributed by atoms with E-state index in [1.807, 2.05) is 12.1 Å². The molecule has 2 heterocycles. The van der Waals surface area contributed by atoms with Crippen LogP contribution in [0.3, 0.4) is 0 Å². The molecule has 0 unspecified atom stereocenters. The molecular weight excluding hydrogens is 552 g/mol. The fourth-order valence-corrected chi connectivity index (χ4v) is 3.74. The number of hydrogen-bond donors (Lipinski definition) is 4. The van der Waals surface area contributed by atoms with Gasteiger partial charge in [-0.1, -0.05) is 36.4 Å². The number of carbonyl (C=O) groups excluding carboxylic acids is 1. The number of Topliss-reactive ketones (excluding diaryl/α,β-unsaturated/α-hetero) is 1. The van der Waals surface area contributed by atoms with Crippen LogP contribution in [-0.2, 0) is 16.2 Å². The van der Waals surface area contributed by atoms with Crippen molar-refractivity contribution in [3.8, 4) is 5.75 Å². The van der Waals surface area contributed by atoms with E-state index in [9.17, 15) is 18.7 Å². The first-order valence-corrected chi connectivity index (χ1v) is 12.1. The van der Waals surface area contributed by atoms with Crippen molar-refractivity contribution in [2.75, 3.05) is 0 Å². The predicted molar refractivity (Wildman–Crippen MR) is 147 cm³/mol. The topological polar surface area (TPSA) is 163 Å². The van der Waals surface area contributed by atoms with Crippen LogP contribution in [0, 0.1) is 11.6 Å². The molecule has 0 aliphatic carbocycles. The monoisotopic (exact) mass is 573 g/mol. The van der Waals surface area contributed by atoms with Gasteiger partial charge in [-0.15, -0.1) is 0 Å². The van der Waals surface area contributed by atoms with Crippen LogP contribution < -0.4 is 4.74 Å². The summed E-state index contributed by atoms with van der Waals surface area (Å²) >= 11 is 0. The molecule has 0 spiro atoms. The molecule has 42 heavy (non-hydrogen) atoms. The summed E-state index contributed by atoms with van der Waals surface area (Å²) in [5.74, 6) is -5.99. The minimum Gasteiger partial charge on any atom is -0.506 e. The molecule has 12 heteroatoms. The van der Waals surface area contributed by atoms with Crippen LogP contribution in [0.25, 0.3) is 22.4 Å². The number of imidazole rings is 1. The van der Waals surface area contributed by atoms with E-state index in [0.29, 0.717) is 29.5 Å². The van der Waals surface area contributed by atoms with Gasteiger partial charge in [0.05, 0.1) is 11.0 Å². The molecule has 10 nitrogen and oxygen atoms in total. The molecule has 4 N–H and O–H groups in total. The maximum atomic E-state index is 13.9. The molecule has 0 saturated carbocycles. The van der Waals surface area contributed by atoms with Gasteiger partial charge in [0.2, 0.25) is 5.78 Å². The zero-order chi connectivity index (χ0) is 30.2. The van der Waals surface area contributed by atoms with Crippen molar-refractivity contribution < 1.29 is 43.2 Å². The van der Waals surface area contributed by atoms with Crippen molar-refractivity contribution in [3.05, 3.63) is 125 Å². The highest BCUT2D eigenvalue weighted by atomic mass is 19.1. The number of allylic oxidation sites excluding steroid dienone is 1. The van der Waals surface area contributed by atoms with Gasteiger partial charge in [0.25, 0.3) is 0 Å². The van der Waals surface area contributed by atoms with Crippen LogP contribution in [-0.4, -0.2) is 48.0 Å². The Bertz CT molecular complexity index is 1760. The van der Waals surface area contributed by atoms with Crippen molar-refractivity contribution in [2.45, 2.75) is 6.61 Å². The highest BCUT2D eigenvalue weighted by Gasteiger charge is 2.24. The lowest BCUT2D eigenvalue weighted by molar-refractivity contribution is -0.159. The van der Waals surface area contributed by atoms with Crippen LogP contribution in [0.4, 0.5) is 8.78 Å². The van der Waals surface area contributed by atoms with Crippen LogP contribution in [0.5, 0.6) is 5.75 Å². The number of aromatic amines is 1. The van der Waals surface area contributed by atoms with Gasteiger partial charge in [-0.05, 0) is 30.3 Å². The zero-order valence-corrected chi connectivity index (χ0v) is 21.5. The molecular formula is C30H21F2N3O7. The van der Waals surface area contributed by atoms with Crippen molar-refractivity contribution in [1.29, 1.82) is 0 Å². The van der Waals surface area contributed by atoms with E-state index >= 15 is 0 Å².